The highest BCUT2D eigenvalue weighted by molar-refractivity contribution is 7.10. The second kappa shape index (κ2) is 4.69. The van der Waals surface area contributed by atoms with Crippen LogP contribution in [0.1, 0.15) is 24.1 Å². The van der Waals surface area contributed by atoms with E-state index in [9.17, 15) is 10.1 Å². The lowest BCUT2D eigenvalue weighted by atomic mass is 9.85. The van der Waals surface area contributed by atoms with Crippen molar-refractivity contribution in [1.29, 1.82) is 5.26 Å². The molecule has 0 bridgehead atoms. The third-order valence-electron chi connectivity index (χ3n) is 3.33. The standard InChI is InChI=1S/C14H12N2O3S/c1-7-5-9-12(14(17)18-7)11(10-3-2-4-20-10)8(6-15)13(16)19-9/h2-4,7,11H,5,16H2,1H3/t7-,11+/m0/s1. The molecule has 0 unspecified atom stereocenters. The lowest BCUT2D eigenvalue weighted by Crippen LogP contribution is -2.32. The van der Waals surface area contributed by atoms with Crippen LogP contribution in [0.5, 0.6) is 0 Å². The molecule has 5 nitrogen and oxygen atoms in total. The molecular weight excluding hydrogens is 276 g/mol. The van der Waals surface area contributed by atoms with Crippen molar-refractivity contribution in [2.24, 2.45) is 5.73 Å². The first-order valence-corrected chi connectivity index (χ1v) is 7.04. The minimum atomic E-state index is -0.483. The van der Waals surface area contributed by atoms with E-state index in [1.165, 1.54) is 11.3 Å². The van der Waals surface area contributed by atoms with Gasteiger partial charge in [0.1, 0.15) is 23.5 Å². The Bertz CT molecular complexity index is 667. The van der Waals surface area contributed by atoms with Crippen LogP contribution in [0.25, 0.3) is 0 Å². The van der Waals surface area contributed by atoms with Crippen molar-refractivity contribution < 1.29 is 14.3 Å². The third kappa shape index (κ3) is 1.87. The molecule has 2 atom stereocenters. The predicted molar refractivity (Wildman–Crippen MR) is 72.2 cm³/mol. The van der Waals surface area contributed by atoms with Gasteiger partial charge in [-0.15, -0.1) is 11.3 Å². The number of allylic oxidation sites excluding steroid dienone is 1. The number of nitrogens with two attached hydrogens (primary N) is 1. The number of rotatable bonds is 1. The van der Waals surface area contributed by atoms with E-state index < -0.39 is 11.9 Å². The summed E-state index contributed by atoms with van der Waals surface area (Å²) in [6.07, 6.45) is 0.226. The van der Waals surface area contributed by atoms with Crippen molar-refractivity contribution in [3.63, 3.8) is 0 Å². The Morgan fingerprint density at radius 3 is 3.00 bits per heavy atom. The molecule has 2 aliphatic rings. The van der Waals surface area contributed by atoms with Gasteiger partial charge in [-0.2, -0.15) is 5.26 Å². The topological polar surface area (TPSA) is 85.3 Å². The minimum absolute atomic E-state index is 0.0755. The van der Waals surface area contributed by atoms with Crippen molar-refractivity contribution in [2.45, 2.75) is 25.4 Å². The molecule has 0 saturated heterocycles. The Morgan fingerprint density at radius 2 is 2.35 bits per heavy atom. The molecule has 0 fully saturated rings. The van der Waals surface area contributed by atoms with Crippen molar-refractivity contribution in [1.82, 2.24) is 0 Å². The van der Waals surface area contributed by atoms with E-state index in [1.54, 1.807) is 6.92 Å². The van der Waals surface area contributed by atoms with Gasteiger partial charge >= 0.3 is 5.97 Å². The summed E-state index contributed by atoms with van der Waals surface area (Å²) in [5, 5.41) is 11.2. The van der Waals surface area contributed by atoms with Gasteiger partial charge in [-0.3, -0.25) is 0 Å². The average Bonchev–Trinajstić information content (AvgIpc) is 2.90. The molecule has 3 heterocycles. The van der Waals surface area contributed by atoms with E-state index >= 15 is 0 Å². The number of hydrogen-bond acceptors (Lipinski definition) is 6. The minimum Gasteiger partial charge on any atom is -0.459 e. The largest absolute Gasteiger partial charge is 0.459 e. The lowest BCUT2D eigenvalue weighted by molar-refractivity contribution is -0.146. The van der Waals surface area contributed by atoms with Crippen LogP contribution in [0.3, 0.4) is 0 Å². The molecule has 20 heavy (non-hydrogen) atoms. The molecule has 0 amide bonds. The highest BCUT2D eigenvalue weighted by Crippen LogP contribution is 2.44. The first kappa shape index (κ1) is 12.8. The molecule has 2 aliphatic heterocycles. The summed E-state index contributed by atoms with van der Waals surface area (Å²) in [4.78, 5) is 13.1. The first-order valence-electron chi connectivity index (χ1n) is 6.16. The molecular formula is C14H12N2O3S. The maximum Gasteiger partial charge on any atom is 0.338 e. The molecule has 1 aromatic rings. The predicted octanol–water partition coefficient (Wildman–Crippen LogP) is 2.15. The second-order valence-electron chi connectivity index (χ2n) is 4.70. The summed E-state index contributed by atoms with van der Waals surface area (Å²) in [6.45, 7) is 1.80. The second-order valence-corrected chi connectivity index (χ2v) is 5.68. The van der Waals surface area contributed by atoms with E-state index in [-0.39, 0.29) is 17.6 Å². The fraction of sp³-hybridized carbons (Fsp3) is 0.286. The summed E-state index contributed by atoms with van der Waals surface area (Å²) in [5.41, 5.74) is 6.50. The molecule has 102 valence electrons. The zero-order chi connectivity index (χ0) is 14.3. The van der Waals surface area contributed by atoms with Gasteiger partial charge in [0.15, 0.2) is 0 Å². The molecule has 3 rings (SSSR count). The normalized spacial score (nSPS) is 25.7. The van der Waals surface area contributed by atoms with E-state index in [1.807, 2.05) is 17.5 Å². The molecule has 0 radical (unpaired) electrons. The number of carbonyl (C=O) groups excluding carboxylic acids is 1. The number of carbonyl (C=O) groups is 1. The molecule has 6 heteroatoms. The van der Waals surface area contributed by atoms with Crippen LogP contribution in [0.15, 0.2) is 40.3 Å². The zero-order valence-corrected chi connectivity index (χ0v) is 11.6. The van der Waals surface area contributed by atoms with Crippen LogP contribution >= 0.6 is 11.3 Å². The Hall–Kier alpha value is -2.26. The monoisotopic (exact) mass is 288 g/mol. The Balaban J connectivity index is 2.16. The quantitative estimate of drug-likeness (QED) is 0.800. The van der Waals surface area contributed by atoms with Gasteiger partial charge in [0.05, 0.1) is 11.5 Å². The summed E-state index contributed by atoms with van der Waals surface area (Å²) in [5.74, 6) is -0.323. The average molecular weight is 288 g/mol. The maximum atomic E-state index is 12.2. The van der Waals surface area contributed by atoms with E-state index in [2.05, 4.69) is 6.07 Å². The molecule has 0 aliphatic carbocycles. The van der Waals surface area contributed by atoms with Gasteiger partial charge in [0, 0.05) is 11.3 Å². The van der Waals surface area contributed by atoms with Gasteiger partial charge in [-0.25, -0.2) is 4.79 Å². The number of ether oxygens (including phenoxy) is 2. The number of thiophene rings is 1. The highest BCUT2D eigenvalue weighted by Gasteiger charge is 2.41. The van der Waals surface area contributed by atoms with Crippen LogP contribution in [0.2, 0.25) is 0 Å². The molecule has 0 aromatic carbocycles. The van der Waals surface area contributed by atoms with Crippen LogP contribution in [0, 0.1) is 11.3 Å². The molecule has 2 N–H and O–H groups in total. The summed E-state index contributed by atoms with van der Waals surface area (Å²) >= 11 is 1.47. The summed E-state index contributed by atoms with van der Waals surface area (Å²) < 4.78 is 10.7. The van der Waals surface area contributed by atoms with Gasteiger partial charge in [0.25, 0.3) is 0 Å². The van der Waals surface area contributed by atoms with Gasteiger partial charge < -0.3 is 15.2 Å². The third-order valence-corrected chi connectivity index (χ3v) is 4.26. The van der Waals surface area contributed by atoms with Gasteiger partial charge in [0.2, 0.25) is 5.88 Å². The summed E-state index contributed by atoms with van der Waals surface area (Å²) in [7, 11) is 0. The van der Waals surface area contributed by atoms with Crippen molar-refractivity contribution >= 4 is 17.3 Å². The number of esters is 1. The first-order chi connectivity index (χ1) is 9.61. The van der Waals surface area contributed by atoms with Crippen molar-refractivity contribution in [2.75, 3.05) is 0 Å². The zero-order valence-electron chi connectivity index (χ0n) is 10.8. The van der Waals surface area contributed by atoms with Crippen LogP contribution in [-0.4, -0.2) is 12.1 Å². The smallest absolute Gasteiger partial charge is 0.338 e. The lowest BCUT2D eigenvalue weighted by Gasteiger charge is -2.32. The van der Waals surface area contributed by atoms with Crippen molar-refractivity contribution in [3.05, 3.63) is 45.2 Å². The number of hydrogen-bond donors (Lipinski definition) is 1. The fourth-order valence-electron chi connectivity index (χ4n) is 2.48. The number of nitrogens with zero attached hydrogens (tertiary/aromatic N) is 1. The van der Waals surface area contributed by atoms with E-state index in [0.717, 1.165) is 4.88 Å². The highest BCUT2D eigenvalue weighted by atomic mass is 32.1. The van der Waals surface area contributed by atoms with Crippen LogP contribution < -0.4 is 5.73 Å². The Kier molecular flexibility index (Phi) is 2.99. The van der Waals surface area contributed by atoms with Gasteiger partial charge in [-0.05, 0) is 18.4 Å². The van der Waals surface area contributed by atoms with E-state index in [0.29, 0.717) is 17.8 Å². The van der Waals surface area contributed by atoms with Crippen molar-refractivity contribution in [3.8, 4) is 6.07 Å². The van der Waals surface area contributed by atoms with Crippen LogP contribution in [-0.2, 0) is 14.3 Å². The summed E-state index contributed by atoms with van der Waals surface area (Å²) in [6, 6.07) is 5.80. The number of cyclic esters (lactones) is 1. The van der Waals surface area contributed by atoms with E-state index in [4.69, 9.17) is 15.2 Å². The molecule has 0 spiro atoms. The molecule has 1 aromatic heterocycles. The Morgan fingerprint density at radius 1 is 1.55 bits per heavy atom. The maximum absolute atomic E-state index is 12.2. The van der Waals surface area contributed by atoms with Gasteiger partial charge in [-0.1, -0.05) is 6.07 Å². The molecule has 0 saturated carbocycles. The SMILES string of the molecule is C[C@H]1CC2=C(C(=O)O1)[C@@H](c1cccs1)C(C#N)=C(N)O2. The number of nitriles is 1. The fourth-order valence-corrected chi connectivity index (χ4v) is 3.33. The Labute approximate surface area is 119 Å². The van der Waals surface area contributed by atoms with Crippen LogP contribution in [0.4, 0.5) is 0 Å².